The summed E-state index contributed by atoms with van der Waals surface area (Å²) in [5.74, 6) is -0.287. The minimum atomic E-state index is -0.847. The summed E-state index contributed by atoms with van der Waals surface area (Å²) in [5.41, 5.74) is 15.6. The smallest absolute Gasteiger partial charge is 0.330 e. The van der Waals surface area contributed by atoms with Crippen molar-refractivity contribution in [3.63, 3.8) is 0 Å². The van der Waals surface area contributed by atoms with Crippen LogP contribution in [0.15, 0.2) is 60.7 Å². The van der Waals surface area contributed by atoms with Gasteiger partial charge in [0.05, 0.1) is 0 Å². The Labute approximate surface area is 201 Å². The largest absolute Gasteiger partial charge is 0.508 e. The Bertz CT molecular complexity index is 1270. The Hall–Kier alpha value is -3.48. The summed E-state index contributed by atoms with van der Waals surface area (Å²) in [6.45, 7) is 0. The number of hydrogen-bond acceptors (Lipinski definition) is 3. The van der Waals surface area contributed by atoms with Crippen molar-refractivity contribution in [3.8, 4) is 5.75 Å². The van der Waals surface area contributed by atoms with Gasteiger partial charge in [0.25, 0.3) is 5.91 Å². The lowest BCUT2D eigenvalue weighted by Crippen LogP contribution is -2.44. The molecule has 0 radical (unpaired) electrons. The van der Waals surface area contributed by atoms with Gasteiger partial charge in [-0.15, -0.1) is 0 Å². The number of hydrogen-bond donors (Lipinski definition) is 4. The van der Waals surface area contributed by atoms with Crippen LogP contribution in [0.2, 0.25) is 10.0 Å². The van der Waals surface area contributed by atoms with Gasteiger partial charge < -0.3 is 10.8 Å². The topological polar surface area (TPSA) is 104 Å². The molecule has 0 atom stereocenters. The number of aromatic hydroxyl groups is 1. The number of allylic oxidation sites excluding steroid dienone is 1. The average Bonchev–Trinajstić information content (AvgIpc) is 2.97. The summed E-state index contributed by atoms with van der Waals surface area (Å²) in [5, 5.41) is 10.9. The number of nitrogens with two attached hydrogens (primary N) is 1. The summed E-state index contributed by atoms with van der Waals surface area (Å²) in [4.78, 5) is 23.3. The maximum atomic E-state index is 12.4. The second kappa shape index (κ2) is 9.57. The van der Waals surface area contributed by atoms with Crippen LogP contribution in [-0.4, -0.2) is 17.0 Å². The number of hydrazine groups is 1. The zero-order valence-electron chi connectivity index (χ0n) is 17.5. The summed E-state index contributed by atoms with van der Waals surface area (Å²) in [6, 6.07) is 17.0. The molecule has 3 aromatic carbocycles. The van der Waals surface area contributed by atoms with Crippen LogP contribution in [0.1, 0.15) is 45.5 Å². The Balaban J connectivity index is 1.88. The average molecular weight is 482 g/mol. The highest BCUT2D eigenvalue weighted by Crippen LogP contribution is 2.42. The zero-order valence-corrected chi connectivity index (χ0v) is 19.0. The van der Waals surface area contributed by atoms with Crippen LogP contribution >= 0.6 is 23.2 Å². The molecule has 1 aliphatic rings. The second-order valence-electron chi connectivity index (χ2n) is 7.69. The Morgan fingerprint density at radius 3 is 2.30 bits per heavy atom. The first kappa shape index (κ1) is 22.7. The fourth-order valence-electron chi connectivity index (χ4n) is 4.08. The summed E-state index contributed by atoms with van der Waals surface area (Å²) in [6.07, 6.45) is 2.35. The van der Waals surface area contributed by atoms with Crippen LogP contribution in [0.4, 0.5) is 4.79 Å². The lowest BCUT2D eigenvalue weighted by atomic mass is 9.87. The fourth-order valence-corrected chi connectivity index (χ4v) is 4.60. The minimum absolute atomic E-state index is 0.174. The van der Waals surface area contributed by atoms with Gasteiger partial charge in [0.15, 0.2) is 0 Å². The molecule has 6 nitrogen and oxygen atoms in total. The van der Waals surface area contributed by atoms with Gasteiger partial charge in [-0.25, -0.2) is 10.2 Å². The Kier molecular flexibility index (Phi) is 6.58. The quantitative estimate of drug-likeness (QED) is 0.381. The molecule has 0 heterocycles. The van der Waals surface area contributed by atoms with Gasteiger partial charge >= 0.3 is 6.03 Å². The molecule has 5 N–H and O–H groups in total. The van der Waals surface area contributed by atoms with Crippen molar-refractivity contribution < 1.29 is 14.7 Å². The molecule has 168 valence electrons. The number of phenols is 1. The van der Waals surface area contributed by atoms with Crippen molar-refractivity contribution in [3.05, 3.63) is 98.5 Å². The van der Waals surface area contributed by atoms with Gasteiger partial charge in [0, 0.05) is 15.6 Å². The van der Waals surface area contributed by atoms with E-state index in [0.29, 0.717) is 15.6 Å². The predicted molar refractivity (Wildman–Crippen MR) is 130 cm³/mol. The standard InChI is InChI=1S/C25H21Cl2N3O3/c26-17-7-11-20(22(27)13-17)21-3-1-2-15-12-16(24(32)29-30-25(28)33)6-10-19(15)23(21)14-4-8-18(31)9-5-14/h4-13,31H,1-3H2,(H,29,32)(H3,28,30,33). The third kappa shape index (κ3) is 4.97. The number of rotatable bonds is 3. The number of halogens is 2. The number of carbonyl (C=O) groups excluding carboxylic acids is 2. The molecule has 0 aliphatic heterocycles. The van der Waals surface area contributed by atoms with E-state index in [1.807, 2.05) is 36.4 Å². The maximum Gasteiger partial charge on any atom is 0.330 e. The molecule has 33 heavy (non-hydrogen) atoms. The lowest BCUT2D eigenvalue weighted by Gasteiger charge is -2.18. The minimum Gasteiger partial charge on any atom is -0.508 e. The first-order valence-electron chi connectivity index (χ1n) is 10.3. The molecule has 8 heteroatoms. The van der Waals surface area contributed by atoms with Crippen LogP contribution in [0.3, 0.4) is 0 Å². The number of carbonyl (C=O) groups is 2. The Morgan fingerprint density at radius 2 is 1.61 bits per heavy atom. The van der Waals surface area contributed by atoms with E-state index in [1.165, 1.54) is 0 Å². The SMILES string of the molecule is NC(=O)NNC(=O)c1ccc2c(c1)CCCC(c1ccc(Cl)cc1Cl)=C2c1ccc(O)cc1. The number of fused-ring (bicyclic) bond motifs is 1. The van der Waals surface area contributed by atoms with E-state index in [2.05, 4.69) is 10.9 Å². The van der Waals surface area contributed by atoms with Crippen molar-refractivity contribution in [2.24, 2.45) is 5.73 Å². The highest BCUT2D eigenvalue weighted by molar-refractivity contribution is 6.36. The predicted octanol–water partition coefficient (Wildman–Crippen LogP) is 5.31. The fraction of sp³-hybridized carbons (Fsp3) is 0.120. The highest BCUT2D eigenvalue weighted by atomic mass is 35.5. The normalized spacial score (nSPS) is 13.2. The lowest BCUT2D eigenvalue weighted by molar-refractivity contribution is 0.0937. The molecule has 0 fully saturated rings. The molecule has 3 amide bonds. The van der Waals surface area contributed by atoms with Gasteiger partial charge in [-0.05, 0) is 89.1 Å². The van der Waals surface area contributed by atoms with Crippen molar-refractivity contribution >= 4 is 46.3 Å². The molecule has 0 spiro atoms. The van der Waals surface area contributed by atoms with E-state index >= 15 is 0 Å². The molecule has 0 aromatic heterocycles. The first-order chi connectivity index (χ1) is 15.8. The summed E-state index contributed by atoms with van der Waals surface area (Å²) in [7, 11) is 0. The van der Waals surface area contributed by atoms with Crippen molar-refractivity contribution in [1.82, 2.24) is 10.9 Å². The number of urea groups is 1. The molecule has 0 unspecified atom stereocenters. The maximum absolute atomic E-state index is 12.4. The summed E-state index contributed by atoms with van der Waals surface area (Å²) < 4.78 is 0. The number of primary amides is 1. The first-order valence-corrected chi connectivity index (χ1v) is 11.1. The number of nitrogens with one attached hydrogen (secondary N) is 2. The van der Waals surface area contributed by atoms with Crippen molar-refractivity contribution in [1.29, 1.82) is 0 Å². The number of benzene rings is 3. The van der Waals surface area contributed by atoms with Gasteiger partial charge in [0.2, 0.25) is 0 Å². The van der Waals surface area contributed by atoms with E-state index in [4.69, 9.17) is 28.9 Å². The molecule has 0 bridgehead atoms. The Morgan fingerprint density at radius 1 is 0.879 bits per heavy atom. The zero-order chi connectivity index (χ0) is 23.5. The second-order valence-corrected chi connectivity index (χ2v) is 8.54. The van der Waals surface area contributed by atoms with Gasteiger partial charge in [0.1, 0.15) is 5.75 Å². The molecule has 1 aliphatic carbocycles. The monoisotopic (exact) mass is 481 g/mol. The van der Waals surface area contributed by atoms with E-state index in [1.54, 1.807) is 24.3 Å². The third-order valence-corrected chi connectivity index (χ3v) is 6.07. The van der Waals surface area contributed by atoms with Crippen molar-refractivity contribution in [2.75, 3.05) is 0 Å². The van der Waals surface area contributed by atoms with Crippen LogP contribution < -0.4 is 16.6 Å². The molecule has 0 saturated carbocycles. The van der Waals surface area contributed by atoms with Gasteiger partial charge in [-0.1, -0.05) is 47.5 Å². The third-order valence-electron chi connectivity index (χ3n) is 5.52. The van der Waals surface area contributed by atoms with E-state index in [9.17, 15) is 14.7 Å². The molecule has 0 saturated heterocycles. The van der Waals surface area contributed by atoms with Crippen molar-refractivity contribution in [2.45, 2.75) is 19.3 Å². The molecular weight excluding hydrogens is 461 g/mol. The molecule has 4 rings (SSSR count). The number of aryl methyl sites for hydroxylation is 1. The summed E-state index contributed by atoms with van der Waals surface area (Å²) >= 11 is 12.7. The number of phenolic OH excluding ortho intramolecular Hbond substituents is 1. The van der Waals surface area contributed by atoms with Crippen LogP contribution in [0.5, 0.6) is 5.75 Å². The highest BCUT2D eigenvalue weighted by Gasteiger charge is 2.22. The van der Waals surface area contributed by atoms with E-state index in [0.717, 1.165) is 52.7 Å². The molecule has 3 aromatic rings. The van der Waals surface area contributed by atoms with E-state index in [-0.39, 0.29) is 5.75 Å². The molecular formula is C25H21Cl2N3O3. The van der Waals surface area contributed by atoms with Gasteiger partial charge in [-0.2, -0.15) is 0 Å². The van der Waals surface area contributed by atoms with Crippen LogP contribution in [-0.2, 0) is 6.42 Å². The van der Waals surface area contributed by atoms with Crippen LogP contribution in [0, 0.1) is 0 Å². The number of amides is 3. The van der Waals surface area contributed by atoms with Crippen LogP contribution in [0.25, 0.3) is 11.1 Å². The van der Waals surface area contributed by atoms with Gasteiger partial charge in [-0.3, -0.25) is 10.2 Å². The van der Waals surface area contributed by atoms with E-state index < -0.39 is 11.9 Å².